The molecule has 0 bridgehead atoms. The van der Waals surface area contributed by atoms with Crippen LogP contribution in [0.4, 0.5) is 5.69 Å². The van der Waals surface area contributed by atoms with Gasteiger partial charge in [0.15, 0.2) is 5.60 Å². The number of fused-ring (bicyclic) bond motifs is 1. The van der Waals surface area contributed by atoms with Gasteiger partial charge in [0.25, 0.3) is 5.91 Å². The Kier molecular flexibility index (Phi) is 5.26. The minimum absolute atomic E-state index is 0.0938. The molecule has 0 saturated heterocycles. The molecular formula is C21H30N2O3. The third-order valence-electron chi connectivity index (χ3n) is 5.60. The molecule has 0 radical (unpaired) electrons. The Bertz CT molecular complexity index is 692. The van der Waals surface area contributed by atoms with Crippen LogP contribution >= 0.6 is 0 Å². The summed E-state index contributed by atoms with van der Waals surface area (Å²) in [4.78, 5) is 29.2. The van der Waals surface area contributed by atoms with E-state index in [1.807, 2.05) is 37.1 Å². The third kappa shape index (κ3) is 3.71. The van der Waals surface area contributed by atoms with Crippen molar-refractivity contribution >= 4 is 17.5 Å². The van der Waals surface area contributed by atoms with Gasteiger partial charge in [-0.05, 0) is 51.3 Å². The Morgan fingerprint density at radius 3 is 2.65 bits per heavy atom. The lowest BCUT2D eigenvalue weighted by atomic mass is 9.94. The zero-order valence-electron chi connectivity index (χ0n) is 16.4. The summed E-state index contributed by atoms with van der Waals surface area (Å²) in [5.74, 6) is 0.722. The molecule has 1 aromatic rings. The quantitative estimate of drug-likeness (QED) is 0.825. The molecule has 1 saturated carbocycles. The first kappa shape index (κ1) is 18.7. The van der Waals surface area contributed by atoms with Crippen molar-refractivity contribution in [2.45, 2.75) is 70.9 Å². The van der Waals surface area contributed by atoms with Crippen molar-refractivity contribution in [3.63, 3.8) is 0 Å². The van der Waals surface area contributed by atoms with Gasteiger partial charge in [-0.2, -0.15) is 0 Å². The molecule has 0 aromatic heterocycles. The van der Waals surface area contributed by atoms with Crippen molar-refractivity contribution in [1.29, 1.82) is 0 Å². The summed E-state index contributed by atoms with van der Waals surface area (Å²) in [6, 6.07) is 6.19. The summed E-state index contributed by atoms with van der Waals surface area (Å²) < 4.78 is 5.88. The highest BCUT2D eigenvalue weighted by Gasteiger charge is 2.41. The molecule has 142 valence electrons. The number of anilines is 1. The third-order valence-corrected chi connectivity index (χ3v) is 5.60. The van der Waals surface area contributed by atoms with Gasteiger partial charge >= 0.3 is 0 Å². The first-order chi connectivity index (χ1) is 12.3. The fourth-order valence-electron chi connectivity index (χ4n) is 3.96. The number of hydrogen-bond acceptors (Lipinski definition) is 3. The first-order valence-corrected chi connectivity index (χ1v) is 9.67. The van der Waals surface area contributed by atoms with Crippen molar-refractivity contribution < 1.29 is 14.3 Å². The highest BCUT2D eigenvalue weighted by molar-refractivity contribution is 6.02. The van der Waals surface area contributed by atoms with Gasteiger partial charge in [-0.15, -0.1) is 0 Å². The number of benzene rings is 1. The van der Waals surface area contributed by atoms with Crippen LogP contribution in [-0.4, -0.2) is 41.9 Å². The van der Waals surface area contributed by atoms with Crippen LogP contribution in [-0.2, 0) is 9.59 Å². The van der Waals surface area contributed by atoms with Gasteiger partial charge in [-0.1, -0.05) is 25.3 Å². The Labute approximate surface area is 156 Å². The zero-order valence-corrected chi connectivity index (χ0v) is 16.4. The number of aryl methyl sites for hydroxylation is 1. The van der Waals surface area contributed by atoms with E-state index in [0.29, 0.717) is 24.8 Å². The van der Waals surface area contributed by atoms with Gasteiger partial charge in [0.1, 0.15) is 5.75 Å². The van der Waals surface area contributed by atoms with Crippen LogP contribution in [0.15, 0.2) is 18.2 Å². The summed E-state index contributed by atoms with van der Waals surface area (Å²) in [6.45, 7) is 5.94. The topological polar surface area (TPSA) is 49.9 Å². The number of rotatable bonds is 4. The lowest BCUT2D eigenvalue weighted by molar-refractivity contribution is -0.134. The van der Waals surface area contributed by atoms with Crippen molar-refractivity contribution in [3.8, 4) is 5.75 Å². The SMILES string of the molecule is Cc1ccc2c(c1)N(CCC(=O)N(C)C1CCCCC1)C(=O)C(C)(C)O2. The van der Waals surface area contributed by atoms with Gasteiger partial charge in [-0.3, -0.25) is 9.59 Å². The second-order valence-electron chi connectivity index (χ2n) is 8.09. The standard InChI is InChI=1S/C21H30N2O3/c1-15-10-11-18-17(14-15)23(20(25)21(2,3)26-18)13-12-19(24)22(4)16-8-6-5-7-9-16/h10-11,14,16H,5-9,12-13H2,1-4H3. The summed E-state index contributed by atoms with van der Waals surface area (Å²) in [6.07, 6.45) is 6.19. The monoisotopic (exact) mass is 358 g/mol. The molecule has 1 fully saturated rings. The average molecular weight is 358 g/mol. The maximum atomic E-state index is 12.9. The summed E-state index contributed by atoms with van der Waals surface area (Å²) in [5.41, 5.74) is 0.915. The molecule has 5 nitrogen and oxygen atoms in total. The zero-order chi connectivity index (χ0) is 18.9. The molecule has 0 spiro atoms. The van der Waals surface area contributed by atoms with Gasteiger partial charge in [-0.25, -0.2) is 0 Å². The number of carbonyl (C=O) groups is 2. The van der Waals surface area contributed by atoms with E-state index >= 15 is 0 Å². The Morgan fingerprint density at radius 1 is 1.27 bits per heavy atom. The largest absolute Gasteiger partial charge is 0.476 e. The second kappa shape index (κ2) is 7.29. The van der Waals surface area contributed by atoms with Crippen LogP contribution in [0.2, 0.25) is 0 Å². The van der Waals surface area contributed by atoms with Crippen molar-refractivity contribution in [2.75, 3.05) is 18.5 Å². The predicted molar refractivity (Wildman–Crippen MR) is 102 cm³/mol. The molecule has 1 aliphatic heterocycles. The molecule has 0 unspecified atom stereocenters. The second-order valence-corrected chi connectivity index (χ2v) is 8.09. The van der Waals surface area contributed by atoms with Crippen LogP contribution in [0.3, 0.4) is 0 Å². The number of carbonyl (C=O) groups excluding carboxylic acids is 2. The molecule has 0 atom stereocenters. The van der Waals surface area contributed by atoms with E-state index in [2.05, 4.69) is 0 Å². The molecule has 26 heavy (non-hydrogen) atoms. The maximum absolute atomic E-state index is 12.9. The molecule has 1 aliphatic carbocycles. The molecule has 1 aromatic carbocycles. The van der Waals surface area contributed by atoms with Crippen LogP contribution in [0, 0.1) is 6.92 Å². The van der Waals surface area contributed by atoms with E-state index in [1.165, 1.54) is 19.3 Å². The number of ether oxygens (including phenoxy) is 1. The normalized spacial score (nSPS) is 19.7. The van der Waals surface area contributed by atoms with E-state index in [9.17, 15) is 9.59 Å². The van der Waals surface area contributed by atoms with E-state index in [-0.39, 0.29) is 11.8 Å². The number of nitrogens with zero attached hydrogens (tertiary/aromatic N) is 2. The molecule has 1 heterocycles. The maximum Gasteiger partial charge on any atom is 0.270 e. The van der Waals surface area contributed by atoms with Gasteiger partial charge in [0, 0.05) is 26.1 Å². The van der Waals surface area contributed by atoms with E-state index in [0.717, 1.165) is 24.1 Å². The van der Waals surface area contributed by atoms with Crippen LogP contribution in [0.25, 0.3) is 0 Å². The highest BCUT2D eigenvalue weighted by Crippen LogP contribution is 2.38. The van der Waals surface area contributed by atoms with Crippen molar-refractivity contribution in [1.82, 2.24) is 4.90 Å². The minimum Gasteiger partial charge on any atom is -0.476 e. The van der Waals surface area contributed by atoms with Crippen LogP contribution < -0.4 is 9.64 Å². The van der Waals surface area contributed by atoms with Crippen molar-refractivity contribution in [2.24, 2.45) is 0 Å². The Hall–Kier alpha value is -2.04. The highest BCUT2D eigenvalue weighted by atomic mass is 16.5. The molecule has 2 aliphatic rings. The molecule has 3 rings (SSSR count). The summed E-state index contributed by atoms with van der Waals surface area (Å²) >= 11 is 0. The van der Waals surface area contributed by atoms with E-state index in [4.69, 9.17) is 4.74 Å². The predicted octanol–water partition coefficient (Wildman–Crippen LogP) is 3.68. The minimum atomic E-state index is -0.916. The Morgan fingerprint density at radius 2 is 1.96 bits per heavy atom. The Balaban J connectivity index is 1.73. The van der Waals surface area contributed by atoms with E-state index in [1.54, 1.807) is 18.7 Å². The summed E-state index contributed by atoms with van der Waals surface area (Å²) in [7, 11) is 1.90. The number of amides is 2. The van der Waals surface area contributed by atoms with Gasteiger partial charge < -0.3 is 14.5 Å². The van der Waals surface area contributed by atoms with Crippen LogP contribution in [0.1, 0.15) is 57.9 Å². The smallest absolute Gasteiger partial charge is 0.270 e. The van der Waals surface area contributed by atoms with Gasteiger partial charge in [0.05, 0.1) is 5.69 Å². The van der Waals surface area contributed by atoms with E-state index < -0.39 is 5.60 Å². The van der Waals surface area contributed by atoms with Gasteiger partial charge in [0.2, 0.25) is 5.91 Å². The molecule has 0 N–H and O–H groups in total. The molecule has 5 heteroatoms. The molecular weight excluding hydrogens is 328 g/mol. The lowest BCUT2D eigenvalue weighted by Gasteiger charge is -2.39. The average Bonchev–Trinajstić information content (AvgIpc) is 2.62. The fourth-order valence-corrected chi connectivity index (χ4v) is 3.96. The number of hydrogen-bond donors (Lipinski definition) is 0. The fraction of sp³-hybridized carbons (Fsp3) is 0.619. The molecule has 2 amide bonds. The summed E-state index contributed by atoms with van der Waals surface area (Å²) in [5, 5.41) is 0. The van der Waals surface area contributed by atoms with Crippen LogP contribution in [0.5, 0.6) is 5.75 Å². The first-order valence-electron chi connectivity index (χ1n) is 9.67. The van der Waals surface area contributed by atoms with Crippen molar-refractivity contribution in [3.05, 3.63) is 23.8 Å². The lowest BCUT2D eigenvalue weighted by Crippen LogP contribution is -2.53.